The topological polar surface area (TPSA) is 124 Å². The molecule has 1 aromatic heterocycles. The Bertz CT molecular complexity index is 839. The van der Waals surface area contributed by atoms with E-state index >= 15 is 0 Å². The van der Waals surface area contributed by atoms with Crippen molar-refractivity contribution in [1.29, 1.82) is 0 Å². The predicted octanol–water partition coefficient (Wildman–Crippen LogP) is 0.00940. The van der Waals surface area contributed by atoms with Crippen LogP contribution in [0.4, 0.5) is 5.69 Å². The van der Waals surface area contributed by atoms with Crippen molar-refractivity contribution in [2.45, 2.75) is 10.8 Å². The summed E-state index contributed by atoms with van der Waals surface area (Å²) in [5.74, 6) is -0.304. The van der Waals surface area contributed by atoms with Crippen LogP contribution >= 0.6 is 0 Å². The van der Waals surface area contributed by atoms with Crippen molar-refractivity contribution in [3.63, 3.8) is 0 Å². The summed E-state index contributed by atoms with van der Waals surface area (Å²) in [4.78, 5) is 0. The molecule has 3 N–H and O–H groups in total. The molecule has 0 saturated heterocycles. The minimum atomic E-state index is -3.74. The van der Waals surface area contributed by atoms with Crippen LogP contribution in [0.25, 0.3) is 0 Å². The van der Waals surface area contributed by atoms with Crippen LogP contribution in [0.1, 0.15) is 5.56 Å². The van der Waals surface area contributed by atoms with Gasteiger partial charge in [0.1, 0.15) is 0 Å². The average Bonchev–Trinajstić information content (AvgIpc) is 2.77. The maximum atomic E-state index is 12.1. The maximum absolute atomic E-state index is 12.1. The highest BCUT2D eigenvalue weighted by Gasteiger charge is 2.18. The molecular weight excluding hydrogens is 316 g/mol. The van der Waals surface area contributed by atoms with E-state index in [0.717, 1.165) is 0 Å². The van der Waals surface area contributed by atoms with Gasteiger partial charge in [0.05, 0.1) is 11.9 Å². The molecule has 0 bridgehead atoms. The quantitative estimate of drug-likeness (QED) is 0.799. The first kappa shape index (κ1) is 15.5. The Kier molecular flexibility index (Phi) is 4.03. The molecule has 0 saturated carbocycles. The highest BCUT2D eigenvalue weighted by molar-refractivity contribution is 7.92. The third kappa shape index (κ3) is 4.03. The molecule has 2 aromatic rings. The Morgan fingerprint density at radius 1 is 1.14 bits per heavy atom. The summed E-state index contributed by atoms with van der Waals surface area (Å²) in [5, 5.41) is 8.76. The number of hydrogen-bond donors (Lipinski definition) is 2. The van der Waals surface area contributed by atoms with E-state index in [0.29, 0.717) is 11.3 Å². The van der Waals surface area contributed by atoms with E-state index in [1.165, 1.54) is 48.3 Å². The van der Waals surface area contributed by atoms with Gasteiger partial charge in [-0.25, -0.2) is 13.6 Å². The number of aromatic nitrogens is 2. The number of rotatable bonds is 5. The second-order valence-electron chi connectivity index (χ2n) is 4.40. The number of nitrogens with zero attached hydrogens (tertiary/aromatic N) is 2. The smallest absolute Gasteiger partial charge is 0.278 e. The molecule has 0 spiro atoms. The van der Waals surface area contributed by atoms with Gasteiger partial charge in [-0.15, -0.1) is 0 Å². The van der Waals surface area contributed by atoms with Crippen molar-refractivity contribution in [2.24, 2.45) is 12.2 Å². The number of anilines is 1. The number of hydrogen-bond acceptors (Lipinski definition) is 5. The summed E-state index contributed by atoms with van der Waals surface area (Å²) in [6.07, 6.45) is 1.38. The summed E-state index contributed by atoms with van der Waals surface area (Å²) in [6, 6.07) is 7.29. The predicted molar refractivity (Wildman–Crippen MR) is 77.3 cm³/mol. The van der Waals surface area contributed by atoms with E-state index in [-0.39, 0.29) is 10.8 Å². The molecular formula is C11H14N4O4S2. The highest BCUT2D eigenvalue weighted by atomic mass is 32.2. The van der Waals surface area contributed by atoms with Crippen molar-refractivity contribution in [1.82, 2.24) is 9.78 Å². The lowest BCUT2D eigenvalue weighted by Gasteiger charge is -2.08. The zero-order valence-corrected chi connectivity index (χ0v) is 12.7. The molecule has 114 valence electrons. The second kappa shape index (κ2) is 5.47. The van der Waals surface area contributed by atoms with Crippen LogP contribution in [0, 0.1) is 0 Å². The third-order valence-corrected chi connectivity index (χ3v) is 4.82. The summed E-state index contributed by atoms with van der Waals surface area (Å²) in [6.45, 7) is 0. The molecule has 10 heteroatoms. The normalized spacial score (nSPS) is 12.3. The van der Waals surface area contributed by atoms with Gasteiger partial charge >= 0.3 is 0 Å². The number of sulfonamides is 2. The molecule has 0 aliphatic heterocycles. The lowest BCUT2D eigenvalue weighted by Crippen LogP contribution is -2.17. The Morgan fingerprint density at radius 2 is 1.76 bits per heavy atom. The van der Waals surface area contributed by atoms with Gasteiger partial charge in [0.15, 0.2) is 5.03 Å². The zero-order valence-electron chi connectivity index (χ0n) is 11.1. The molecule has 0 unspecified atom stereocenters. The first-order valence-electron chi connectivity index (χ1n) is 5.78. The standard InChI is InChI=1S/C11H14N4O4S2/c1-15-11(6-7-13-15)21(18,19)14-10-4-2-9(3-5-10)8-20(12,16)17/h2-7,14H,8H2,1H3,(H2,12,16,17). The summed E-state index contributed by atoms with van der Waals surface area (Å²) in [5.41, 5.74) is 0.787. The highest BCUT2D eigenvalue weighted by Crippen LogP contribution is 2.16. The first-order valence-corrected chi connectivity index (χ1v) is 8.97. The molecule has 0 atom stereocenters. The van der Waals surface area contributed by atoms with Gasteiger partial charge in [0.25, 0.3) is 10.0 Å². The molecule has 0 aliphatic rings. The van der Waals surface area contributed by atoms with Crippen LogP contribution in [-0.2, 0) is 32.8 Å². The third-order valence-electron chi connectivity index (χ3n) is 2.63. The van der Waals surface area contributed by atoms with Gasteiger partial charge < -0.3 is 0 Å². The lowest BCUT2D eigenvalue weighted by molar-refractivity contribution is 0.582. The molecule has 0 aliphatic carbocycles. The van der Waals surface area contributed by atoms with E-state index in [9.17, 15) is 16.8 Å². The summed E-state index contributed by atoms with van der Waals surface area (Å²) < 4.78 is 49.8. The van der Waals surface area contributed by atoms with Crippen LogP contribution in [0.15, 0.2) is 41.6 Å². The molecule has 0 amide bonds. The molecule has 0 fully saturated rings. The van der Waals surface area contributed by atoms with Crippen molar-refractivity contribution in [2.75, 3.05) is 4.72 Å². The zero-order chi connectivity index (χ0) is 15.7. The number of nitrogens with two attached hydrogens (primary N) is 1. The first-order chi connectivity index (χ1) is 9.67. The van der Waals surface area contributed by atoms with E-state index < -0.39 is 20.0 Å². The van der Waals surface area contributed by atoms with Gasteiger partial charge in [-0.3, -0.25) is 9.40 Å². The number of benzene rings is 1. The van der Waals surface area contributed by atoms with Crippen LogP contribution in [0.5, 0.6) is 0 Å². The monoisotopic (exact) mass is 330 g/mol. The van der Waals surface area contributed by atoms with Gasteiger partial charge in [-0.2, -0.15) is 13.5 Å². The lowest BCUT2D eigenvalue weighted by atomic mass is 10.2. The van der Waals surface area contributed by atoms with Crippen LogP contribution < -0.4 is 9.86 Å². The number of primary sulfonamides is 1. The number of nitrogens with one attached hydrogen (secondary N) is 1. The largest absolute Gasteiger partial charge is 0.279 e. The van der Waals surface area contributed by atoms with Gasteiger partial charge in [0.2, 0.25) is 10.0 Å². The average molecular weight is 330 g/mol. The second-order valence-corrected chi connectivity index (χ2v) is 7.65. The Balaban J connectivity index is 2.19. The van der Waals surface area contributed by atoms with Crippen molar-refractivity contribution < 1.29 is 16.8 Å². The fraction of sp³-hybridized carbons (Fsp3) is 0.182. The minimum absolute atomic E-state index is 0.0242. The minimum Gasteiger partial charge on any atom is -0.278 e. The molecule has 0 radical (unpaired) electrons. The van der Waals surface area contributed by atoms with Crippen LogP contribution in [-0.4, -0.2) is 26.6 Å². The van der Waals surface area contributed by atoms with Gasteiger partial charge in [-0.05, 0) is 23.8 Å². The van der Waals surface area contributed by atoms with Crippen molar-refractivity contribution in [3.05, 3.63) is 42.1 Å². The van der Waals surface area contributed by atoms with Gasteiger partial charge in [0, 0.05) is 12.7 Å². The van der Waals surface area contributed by atoms with E-state index in [2.05, 4.69) is 9.82 Å². The van der Waals surface area contributed by atoms with E-state index in [1.807, 2.05) is 0 Å². The number of aryl methyl sites for hydroxylation is 1. The van der Waals surface area contributed by atoms with Crippen molar-refractivity contribution >= 4 is 25.7 Å². The van der Waals surface area contributed by atoms with Crippen LogP contribution in [0.3, 0.4) is 0 Å². The fourth-order valence-electron chi connectivity index (χ4n) is 1.73. The Labute approximate surface area is 122 Å². The molecule has 1 aromatic carbocycles. The SMILES string of the molecule is Cn1nccc1S(=O)(=O)Nc1ccc(CS(N)(=O)=O)cc1. The van der Waals surface area contributed by atoms with E-state index in [1.54, 1.807) is 0 Å². The Morgan fingerprint density at radius 3 is 2.24 bits per heavy atom. The van der Waals surface area contributed by atoms with Crippen LogP contribution in [0.2, 0.25) is 0 Å². The van der Waals surface area contributed by atoms with E-state index in [4.69, 9.17) is 5.14 Å². The van der Waals surface area contributed by atoms with Crippen molar-refractivity contribution in [3.8, 4) is 0 Å². The summed E-state index contributed by atoms with van der Waals surface area (Å²) >= 11 is 0. The Hall–Kier alpha value is -1.91. The molecule has 8 nitrogen and oxygen atoms in total. The molecule has 21 heavy (non-hydrogen) atoms. The summed E-state index contributed by atoms with van der Waals surface area (Å²) in [7, 11) is -5.84. The van der Waals surface area contributed by atoms with Gasteiger partial charge in [-0.1, -0.05) is 12.1 Å². The fourth-order valence-corrected chi connectivity index (χ4v) is 3.58. The maximum Gasteiger partial charge on any atom is 0.279 e. The molecule has 2 rings (SSSR count). The molecule has 1 heterocycles.